The van der Waals surface area contributed by atoms with Gasteiger partial charge in [-0.25, -0.2) is 10.2 Å². The molecule has 0 fully saturated rings. The van der Waals surface area contributed by atoms with Crippen LogP contribution in [0.1, 0.15) is 40.3 Å². The van der Waals surface area contributed by atoms with Crippen molar-refractivity contribution in [3.63, 3.8) is 0 Å². The van der Waals surface area contributed by atoms with Gasteiger partial charge in [0.15, 0.2) is 11.5 Å². The molecule has 1 amide bonds. The smallest absolute Gasteiger partial charge is 0.345 e. The van der Waals surface area contributed by atoms with Crippen LogP contribution in [-0.4, -0.2) is 36.3 Å². The van der Waals surface area contributed by atoms with Crippen molar-refractivity contribution in [2.75, 3.05) is 13.2 Å². The third kappa shape index (κ3) is 6.29. The summed E-state index contributed by atoms with van der Waals surface area (Å²) in [4.78, 5) is 29.2. The monoisotopic (exact) mass is 581 g/mol. The molecule has 1 heterocycles. The number of carbonyl (C=O) groups excluding carboxylic acids is 2. The molecule has 0 atom stereocenters. The Bertz CT molecular complexity index is 1760. The first-order chi connectivity index (χ1) is 20.5. The number of amides is 1. The van der Waals surface area contributed by atoms with E-state index in [0.29, 0.717) is 35.2 Å². The van der Waals surface area contributed by atoms with E-state index in [1.807, 2.05) is 62.4 Å². The predicted molar refractivity (Wildman–Crippen MR) is 164 cm³/mol. The zero-order chi connectivity index (χ0) is 29.5. The van der Waals surface area contributed by atoms with Crippen LogP contribution in [-0.2, 0) is 0 Å². The lowest BCUT2D eigenvalue weighted by Gasteiger charge is -2.12. The summed E-state index contributed by atoms with van der Waals surface area (Å²) in [6, 6.07) is 27.0. The van der Waals surface area contributed by atoms with Crippen LogP contribution in [0.4, 0.5) is 0 Å². The van der Waals surface area contributed by atoms with Gasteiger partial charge in [-0.15, -0.1) is 0 Å². The van der Waals surface area contributed by atoms with Crippen molar-refractivity contribution >= 4 is 40.6 Å². The molecular formula is C33H28ClN3O5. The van der Waals surface area contributed by atoms with Gasteiger partial charge < -0.3 is 19.2 Å². The Morgan fingerprint density at radius 2 is 1.64 bits per heavy atom. The van der Waals surface area contributed by atoms with Gasteiger partial charge in [-0.2, -0.15) is 5.10 Å². The lowest BCUT2D eigenvalue weighted by molar-refractivity contribution is 0.0728. The zero-order valence-corrected chi connectivity index (χ0v) is 23.8. The molecule has 0 radical (unpaired) electrons. The van der Waals surface area contributed by atoms with E-state index in [1.165, 1.54) is 6.21 Å². The summed E-state index contributed by atoms with van der Waals surface area (Å²) in [5.74, 6) is 0.295. The van der Waals surface area contributed by atoms with Crippen LogP contribution in [0.25, 0.3) is 22.0 Å². The minimum atomic E-state index is -0.601. The number of esters is 1. The Morgan fingerprint density at radius 1 is 0.881 bits per heavy atom. The van der Waals surface area contributed by atoms with Gasteiger partial charge in [-0.1, -0.05) is 54.1 Å². The molecule has 0 aliphatic carbocycles. The highest BCUT2D eigenvalue weighted by atomic mass is 35.5. The molecule has 0 bridgehead atoms. The summed E-state index contributed by atoms with van der Waals surface area (Å²) in [5, 5.41) is 5.33. The van der Waals surface area contributed by atoms with Gasteiger partial charge in [0, 0.05) is 16.5 Å². The van der Waals surface area contributed by atoms with Crippen molar-refractivity contribution < 1.29 is 23.8 Å². The van der Waals surface area contributed by atoms with Crippen LogP contribution in [0, 0.1) is 0 Å². The maximum atomic E-state index is 13.3. The number of fused-ring (bicyclic) bond motifs is 1. The minimum absolute atomic E-state index is 0.236. The van der Waals surface area contributed by atoms with Crippen LogP contribution in [0.2, 0.25) is 5.02 Å². The number of nitrogens with one attached hydrogen (secondary N) is 2. The number of carbonyl (C=O) groups is 2. The molecule has 9 heteroatoms. The number of hydrogen-bond donors (Lipinski definition) is 2. The van der Waals surface area contributed by atoms with E-state index in [9.17, 15) is 9.59 Å². The van der Waals surface area contributed by atoms with Crippen molar-refractivity contribution in [2.45, 2.75) is 13.8 Å². The summed E-state index contributed by atoms with van der Waals surface area (Å²) in [6.07, 6.45) is 1.48. The molecule has 1 aromatic heterocycles. The predicted octanol–water partition coefficient (Wildman–Crippen LogP) is 7.27. The molecule has 0 aliphatic heterocycles. The molecule has 4 aromatic carbocycles. The summed E-state index contributed by atoms with van der Waals surface area (Å²) in [5.41, 5.74) is 6.29. The number of rotatable bonds is 10. The average molecular weight is 582 g/mol. The van der Waals surface area contributed by atoms with Crippen LogP contribution in [0.5, 0.6) is 17.2 Å². The Labute approximate surface area is 247 Å². The number of hydrogen-bond acceptors (Lipinski definition) is 6. The zero-order valence-electron chi connectivity index (χ0n) is 23.0. The summed E-state index contributed by atoms with van der Waals surface area (Å²) in [6.45, 7) is 4.63. The number of halogens is 1. The molecule has 5 aromatic rings. The molecule has 0 spiro atoms. The van der Waals surface area contributed by atoms with Gasteiger partial charge in [0.25, 0.3) is 5.91 Å². The normalized spacial score (nSPS) is 11.0. The largest absolute Gasteiger partial charge is 0.494 e. The van der Waals surface area contributed by atoms with Crippen LogP contribution in [0.3, 0.4) is 0 Å². The highest BCUT2D eigenvalue weighted by Crippen LogP contribution is 2.35. The van der Waals surface area contributed by atoms with E-state index in [0.717, 1.165) is 27.8 Å². The van der Waals surface area contributed by atoms with Gasteiger partial charge in [0.05, 0.1) is 30.0 Å². The van der Waals surface area contributed by atoms with Crippen molar-refractivity contribution in [3.8, 4) is 28.4 Å². The number of nitrogens with zero attached hydrogens (tertiary/aromatic N) is 1. The molecule has 42 heavy (non-hydrogen) atoms. The maximum absolute atomic E-state index is 13.3. The Balaban J connectivity index is 1.37. The first-order valence-corrected chi connectivity index (χ1v) is 13.8. The second-order valence-electron chi connectivity index (χ2n) is 9.09. The first kappa shape index (κ1) is 28.4. The minimum Gasteiger partial charge on any atom is -0.494 e. The van der Waals surface area contributed by atoms with E-state index in [4.69, 9.17) is 25.8 Å². The fraction of sp³-hybridized carbons (Fsp3) is 0.121. The van der Waals surface area contributed by atoms with Gasteiger partial charge in [0.1, 0.15) is 11.4 Å². The molecule has 0 saturated carbocycles. The molecule has 0 saturated heterocycles. The molecule has 0 unspecified atom stereocenters. The molecule has 0 aliphatic rings. The van der Waals surface area contributed by atoms with Crippen molar-refractivity contribution in [3.05, 3.63) is 113 Å². The van der Waals surface area contributed by atoms with Crippen molar-refractivity contribution in [1.29, 1.82) is 0 Å². The Hall–Kier alpha value is -5.08. The molecule has 5 rings (SSSR count). The molecule has 2 N–H and O–H groups in total. The highest BCUT2D eigenvalue weighted by Gasteiger charge is 2.20. The van der Waals surface area contributed by atoms with Crippen molar-refractivity contribution in [2.24, 2.45) is 5.10 Å². The number of aromatic amines is 1. The molecule has 212 valence electrons. The number of hydrazone groups is 1. The SMILES string of the molecule is CCOc1ccc2[nH]c(C(=O)NN=Cc3ccc(OC(=O)c4ccccc4Cl)c(OCC)c3)c(-c3ccccc3)c2c1. The lowest BCUT2D eigenvalue weighted by Crippen LogP contribution is -2.18. The Morgan fingerprint density at radius 3 is 2.40 bits per heavy atom. The van der Waals surface area contributed by atoms with E-state index in [-0.39, 0.29) is 11.3 Å². The standard InChI is InChI=1S/C33H28ClN3O5/c1-3-40-23-15-16-27-25(19-23)30(22-10-6-5-7-11-22)31(36-27)32(38)37-35-20-21-14-17-28(29(18-21)41-4-2)42-33(39)24-12-8-9-13-26(24)34/h5-20,36H,3-4H2,1-2H3,(H,37,38). The number of benzene rings is 4. The molecule has 8 nitrogen and oxygen atoms in total. The second-order valence-corrected chi connectivity index (χ2v) is 9.50. The van der Waals surface area contributed by atoms with E-state index in [1.54, 1.807) is 42.5 Å². The topological polar surface area (TPSA) is 102 Å². The third-order valence-corrected chi connectivity index (χ3v) is 6.64. The highest BCUT2D eigenvalue weighted by molar-refractivity contribution is 6.33. The fourth-order valence-corrected chi connectivity index (χ4v) is 4.68. The third-order valence-electron chi connectivity index (χ3n) is 6.31. The maximum Gasteiger partial charge on any atom is 0.345 e. The van der Waals surface area contributed by atoms with Gasteiger partial charge in [-0.3, -0.25) is 4.79 Å². The van der Waals surface area contributed by atoms with Crippen LogP contribution >= 0.6 is 11.6 Å². The van der Waals surface area contributed by atoms with Crippen LogP contribution < -0.4 is 19.6 Å². The summed E-state index contributed by atoms with van der Waals surface area (Å²) >= 11 is 6.13. The van der Waals surface area contributed by atoms with Crippen LogP contribution in [0.15, 0.2) is 96.1 Å². The lowest BCUT2D eigenvalue weighted by atomic mass is 10.0. The second kappa shape index (κ2) is 13.1. The quantitative estimate of drug-likeness (QED) is 0.0781. The Kier molecular flexibility index (Phi) is 8.84. The average Bonchev–Trinajstić information content (AvgIpc) is 3.38. The molecular weight excluding hydrogens is 554 g/mol. The van der Waals surface area contributed by atoms with Gasteiger partial charge in [-0.05, 0) is 73.5 Å². The first-order valence-electron chi connectivity index (χ1n) is 13.4. The van der Waals surface area contributed by atoms with E-state index < -0.39 is 11.9 Å². The summed E-state index contributed by atoms with van der Waals surface area (Å²) < 4.78 is 16.9. The number of H-pyrrole nitrogens is 1. The van der Waals surface area contributed by atoms with E-state index in [2.05, 4.69) is 15.5 Å². The number of aromatic nitrogens is 1. The number of ether oxygens (including phenoxy) is 3. The summed E-state index contributed by atoms with van der Waals surface area (Å²) in [7, 11) is 0. The van der Waals surface area contributed by atoms with Gasteiger partial charge >= 0.3 is 5.97 Å². The van der Waals surface area contributed by atoms with Gasteiger partial charge in [0.2, 0.25) is 0 Å². The fourth-order valence-electron chi connectivity index (χ4n) is 4.46. The van der Waals surface area contributed by atoms with Crippen molar-refractivity contribution in [1.82, 2.24) is 10.4 Å². The van der Waals surface area contributed by atoms with E-state index >= 15 is 0 Å².